The Balaban J connectivity index is 1.33. The molecule has 1 fully saturated rings. The van der Waals surface area contributed by atoms with Crippen LogP contribution in [0.2, 0.25) is 0 Å². The van der Waals surface area contributed by atoms with E-state index in [-0.39, 0.29) is 18.0 Å². The number of para-hydroxylation sites is 1. The molecule has 1 N–H and O–H groups in total. The molecular formula is C26H28N4O3. The van der Waals surface area contributed by atoms with E-state index < -0.39 is 0 Å². The van der Waals surface area contributed by atoms with Gasteiger partial charge in [-0.1, -0.05) is 35.9 Å². The molecule has 0 saturated carbocycles. The summed E-state index contributed by atoms with van der Waals surface area (Å²) in [6.45, 7) is 6.39. The molecule has 1 amide bonds. The lowest BCUT2D eigenvalue weighted by Gasteiger charge is -2.31. The fourth-order valence-corrected chi connectivity index (χ4v) is 4.63. The Morgan fingerprint density at radius 1 is 1.15 bits per heavy atom. The molecule has 0 radical (unpaired) electrons. The first kappa shape index (κ1) is 21.3. The van der Waals surface area contributed by atoms with E-state index in [1.165, 1.54) is 5.56 Å². The molecule has 2 aromatic carbocycles. The van der Waals surface area contributed by atoms with Crippen molar-refractivity contribution in [2.75, 3.05) is 7.11 Å². The van der Waals surface area contributed by atoms with Crippen LogP contribution in [0.15, 0.2) is 59.3 Å². The molecule has 0 spiro atoms. The fourth-order valence-electron chi connectivity index (χ4n) is 4.63. The van der Waals surface area contributed by atoms with Gasteiger partial charge in [0.25, 0.3) is 5.91 Å². The van der Waals surface area contributed by atoms with Crippen LogP contribution in [-0.4, -0.2) is 34.0 Å². The number of methoxy groups -OCH3 is 1. The Labute approximate surface area is 193 Å². The SMILES string of the molecule is COc1ccccc1C1CC2C(=O)N(Cc3nc(-c4ccc(C)cc4C)oc3C)C=CN2N1. The normalized spacial score (nSPS) is 19.8. The van der Waals surface area contributed by atoms with Crippen LogP contribution in [0.1, 0.15) is 40.6 Å². The summed E-state index contributed by atoms with van der Waals surface area (Å²) in [5.74, 6) is 2.18. The summed E-state index contributed by atoms with van der Waals surface area (Å²) in [4.78, 5) is 19.8. The highest BCUT2D eigenvalue weighted by Crippen LogP contribution is 2.35. The lowest BCUT2D eigenvalue weighted by atomic mass is 10.00. The van der Waals surface area contributed by atoms with Gasteiger partial charge in [-0.15, -0.1) is 0 Å². The van der Waals surface area contributed by atoms with Crippen LogP contribution in [-0.2, 0) is 11.3 Å². The predicted molar refractivity (Wildman–Crippen MR) is 125 cm³/mol. The third-order valence-corrected chi connectivity index (χ3v) is 6.41. The summed E-state index contributed by atoms with van der Waals surface area (Å²) in [6, 6.07) is 13.8. The minimum atomic E-state index is -0.282. The van der Waals surface area contributed by atoms with Crippen molar-refractivity contribution < 1.29 is 13.9 Å². The molecule has 7 heteroatoms. The highest BCUT2D eigenvalue weighted by atomic mass is 16.5. The number of nitrogens with one attached hydrogen (secondary N) is 1. The molecule has 0 aliphatic carbocycles. The van der Waals surface area contributed by atoms with Crippen LogP contribution >= 0.6 is 0 Å². The van der Waals surface area contributed by atoms with Crippen LogP contribution in [0.5, 0.6) is 5.75 Å². The second-order valence-electron chi connectivity index (χ2n) is 8.69. The zero-order valence-corrected chi connectivity index (χ0v) is 19.3. The molecule has 3 heterocycles. The highest BCUT2D eigenvalue weighted by molar-refractivity contribution is 5.84. The number of oxazole rings is 1. The molecule has 7 nitrogen and oxygen atoms in total. The standard InChI is InChI=1S/C26H28N4O3/c1-16-9-10-19(17(2)13-16)25-27-22(18(3)33-25)15-29-11-12-30-23(26(29)31)14-21(28-30)20-7-5-6-8-24(20)32-4/h5-13,21,23,28H,14-15H2,1-4H3. The maximum absolute atomic E-state index is 13.3. The van der Waals surface area contributed by atoms with Crippen LogP contribution in [0.3, 0.4) is 0 Å². The number of amides is 1. The monoisotopic (exact) mass is 444 g/mol. The van der Waals surface area contributed by atoms with Gasteiger partial charge in [-0.05, 0) is 44.9 Å². The van der Waals surface area contributed by atoms with E-state index in [1.807, 2.05) is 48.5 Å². The van der Waals surface area contributed by atoms with Crippen molar-refractivity contribution in [3.63, 3.8) is 0 Å². The molecule has 1 aromatic heterocycles. The fraction of sp³-hybridized carbons (Fsp3) is 0.308. The van der Waals surface area contributed by atoms with Crippen LogP contribution in [0.4, 0.5) is 0 Å². The summed E-state index contributed by atoms with van der Waals surface area (Å²) in [7, 11) is 1.67. The van der Waals surface area contributed by atoms with E-state index in [1.54, 1.807) is 18.2 Å². The topological polar surface area (TPSA) is 70.8 Å². The lowest BCUT2D eigenvalue weighted by molar-refractivity contribution is -0.135. The van der Waals surface area contributed by atoms with Crippen molar-refractivity contribution in [3.8, 4) is 17.2 Å². The van der Waals surface area contributed by atoms with Gasteiger partial charge in [-0.3, -0.25) is 4.79 Å². The van der Waals surface area contributed by atoms with Gasteiger partial charge < -0.3 is 19.1 Å². The largest absolute Gasteiger partial charge is 0.496 e. The Bertz CT molecular complexity index is 1230. The smallest absolute Gasteiger partial charge is 0.251 e. The number of carbonyl (C=O) groups excluding carboxylic acids is 1. The number of benzene rings is 2. The third-order valence-electron chi connectivity index (χ3n) is 6.41. The highest BCUT2D eigenvalue weighted by Gasteiger charge is 2.41. The maximum Gasteiger partial charge on any atom is 0.251 e. The number of ether oxygens (including phenoxy) is 1. The van der Waals surface area contributed by atoms with E-state index in [9.17, 15) is 4.79 Å². The number of aryl methyl sites for hydroxylation is 3. The maximum atomic E-state index is 13.3. The van der Waals surface area contributed by atoms with Crippen LogP contribution in [0.25, 0.3) is 11.5 Å². The van der Waals surface area contributed by atoms with E-state index in [2.05, 4.69) is 31.4 Å². The summed E-state index contributed by atoms with van der Waals surface area (Å²) in [6.07, 6.45) is 4.38. The van der Waals surface area contributed by atoms with Crippen LogP contribution < -0.4 is 10.2 Å². The van der Waals surface area contributed by atoms with Gasteiger partial charge >= 0.3 is 0 Å². The Kier molecular flexibility index (Phi) is 5.42. The average Bonchev–Trinajstić information content (AvgIpc) is 3.40. The van der Waals surface area contributed by atoms with Crippen molar-refractivity contribution >= 4 is 5.91 Å². The molecule has 2 aliphatic rings. The van der Waals surface area contributed by atoms with Crippen molar-refractivity contribution in [2.24, 2.45) is 0 Å². The summed E-state index contributed by atoms with van der Waals surface area (Å²) >= 11 is 0. The molecule has 3 aromatic rings. The van der Waals surface area contributed by atoms with Gasteiger partial charge in [0.2, 0.25) is 5.89 Å². The minimum Gasteiger partial charge on any atom is -0.496 e. The number of carbonyl (C=O) groups is 1. The average molecular weight is 445 g/mol. The zero-order chi connectivity index (χ0) is 23.1. The molecule has 0 bridgehead atoms. The van der Waals surface area contributed by atoms with Crippen molar-refractivity contribution in [3.05, 3.63) is 83.0 Å². The van der Waals surface area contributed by atoms with Gasteiger partial charge in [-0.2, -0.15) is 0 Å². The Morgan fingerprint density at radius 3 is 2.76 bits per heavy atom. The van der Waals surface area contributed by atoms with Gasteiger partial charge in [0.15, 0.2) is 0 Å². The lowest BCUT2D eigenvalue weighted by Crippen LogP contribution is -2.47. The number of aromatic nitrogens is 1. The van der Waals surface area contributed by atoms with E-state index in [0.717, 1.165) is 33.9 Å². The quantitative estimate of drug-likeness (QED) is 0.629. The third kappa shape index (κ3) is 3.89. The zero-order valence-electron chi connectivity index (χ0n) is 19.3. The molecule has 5 rings (SSSR count). The molecule has 2 aliphatic heterocycles. The van der Waals surface area contributed by atoms with Gasteiger partial charge in [-0.25, -0.2) is 10.4 Å². The Morgan fingerprint density at radius 2 is 1.97 bits per heavy atom. The van der Waals surface area contributed by atoms with E-state index in [4.69, 9.17) is 14.1 Å². The number of hydrazine groups is 1. The molecule has 1 saturated heterocycles. The first-order chi connectivity index (χ1) is 15.9. The number of rotatable bonds is 5. The second kappa shape index (κ2) is 8.41. The van der Waals surface area contributed by atoms with Crippen molar-refractivity contribution in [1.82, 2.24) is 20.3 Å². The van der Waals surface area contributed by atoms with Crippen LogP contribution in [0, 0.1) is 20.8 Å². The summed E-state index contributed by atoms with van der Waals surface area (Å²) in [5.41, 5.74) is 8.54. The summed E-state index contributed by atoms with van der Waals surface area (Å²) < 4.78 is 11.5. The first-order valence-corrected chi connectivity index (χ1v) is 11.1. The number of fused-ring (bicyclic) bond motifs is 1. The minimum absolute atomic E-state index is 0.00426. The van der Waals surface area contributed by atoms with E-state index in [0.29, 0.717) is 18.9 Å². The second-order valence-corrected chi connectivity index (χ2v) is 8.69. The number of hydrogen-bond donors (Lipinski definition) is 1. The van der Waals surface area contributed by atoms with Gasteiger partial charge in [0.05, 0.1) is 19.7 Å². The first-order valence-electron chi connectivity index (χ1n) is 11.1. The molecule has 170 valence electrons. The van der Waals surface area contributed by atoms with E-state index >= 15 is 0 Å². The van der Waals surface area contributed by atoms with Gasteiger partial charge in [0.1, 0.15) is 23.2 Å². The predicted octanol–water partition coefficient (Wildman–Crippen LogP) is 4.41. The van der Waals surface area contributed by atoms with Crippen molar-refractivity contribution in [2.45, 2.75) is 45.8 Å². The van der Waals surface area contributed by atoms with Gasteiger partial charge in [0, 0.05) is 23.5 Å². The molecule has 2 atom stereocenters. The van der Waals surface area contributed by atoms with Crippen molar-refractivity contribution in [1.29, 1.82) is 0 Å². The summed E-state index contributed by atoms with van der Waals surface area (Å²) in [5, 5.41) is 1.90. The molecule has 33 heavy (non-hydrogen) atoms. The Hall–Kier alpha value is -3.58. The number of nitrogens with zero attached hydrogens (tertiary/aromatic N) is 3. The number of hydrogen-bond acceptors (Lipinski definition) is 6. The molecular weight excluding hydrogens is 416 g/mol. The molecule has 2 unspecified atom stereocenters.